The number of nitrogens with zero attached hydrogens (tertiary/aromatic N) is 2. The molecule has 1 N–H and O–H groups in total. The summed E-state index contributed by atoms with van der Waals surface area (Å²) in [6.07, 6.45) is 3.29. The fraction of sp³-hybridized carbons (Fsp3) is 0.0870. The Bertz CT molecular complexity index is 1250. The Morgan fingerprint density at radius 2 is 1.74 bits per heavy atom. The number of carbonyl (C=O) groups excluding carboxylic acids is 3. The second kappa shape index (κ2) is 8.41. The van der Waals surface area contributed by atoms with Gasteiger partial charge in [-0.1, -0.05) is 47.5 Å². The van der Waals surface area contributed by atoms with Crippen molar-refractivity contribution in [2.24, 2.45) is 0 Å². The fourth-order valence-corrected chi connectivity index (χ4v) is 3.64. The van der Waals surface area contributed by atoms with Gasteiger partial charge in [0.2, 0.25) is 0 Å². The van der Waals surface area contributed by atoms with Gasteiger partial charge in [0.1, 0.15) is 5.57 Å². The lowest BCUT2D eigenvalue weighted by Gasteiger charge is -2.26. The molecular formula is C23H17Cl2N3O3. The quantitative estimate of drug-likeness (QED) is 0.454. The minimum Gasteiger partial charge on any atom is -0.343 e. The fourth-order valence-electron chi connectivity index (χ4n) is 3.27. The van der Waals surface area contributed by atoms with Crippen molar-refractivity contribution in [2.75, 3.05) is 4.90 Å². The number of carbonyl (C=O) groups is 3. The van der Waals surface area contributed by atoms with Crippen LogP contribution < -0.4 is 10.2 Å². The zero-order chi connectivity index (χ0) is 22.1. The van der Waals surface area contributed by atoms with E-state index in [9.17, 15) is 14.4 Å². The van der Waals surface area contributed by atoms with Crippen LogP contribution in [0.3, 0.4) is 0 Å². The van der Waals surface area contributed by atoms with E-state index in [2.05, 4.69) is 5.32 Å². The minimum atomic E-state index is -0.821. The molecule has 2 aromatic carbocycles. The average Bonchev–Trinajstić information content (AvgIpc) is 3.16. The van der Waals surface area contributed by atoms with E-state index in [1.54, 1.807) is 30.3 Å². The number of aromatic nitrogens is 1. The number of amides is 4. The number of halogens is 2. The number of hydrogen-bond acceptors (Lipinski definition) is 3. The van der Waals surface area contributed by atoms with E-state index in [-0.39, 0.29) is 11.3 Å². The molecule has 3 aromatic rings. The number of barbiturate groups is 1. The Morgan fingerprint density at radius 1 is 0.968 bits per heavy atom. The normalized spacial score (nSPS) is 15.5. The van der Waals surface area contributed by atoms with Crippen LogP contribution in [0.1, 0.15) is 16.8 Å². The molecule has 0 atom stereocenters. The first-order chi connectivity index (χ1) is 14.8. The first-order valence-electron chi connectivity index (χ1n) is 9.41. The molecule has 1 fully saturated rings. The van der Waals surface area contributed by atoms with Crippen LogP contribution in [0.25, 0.3) is 6.08 Å². The molecule has 1 aliphatic heterocycles. The van der Waals surface area contributed by atoms with Crippen molar-refractivity contribution in [1.29, 1.82) is 0 Å². The molecule has 1 saturated heterocycles. The van der Waals surface area contributed by atoms with Crippen LogP contribution in [0.2, 0.25) is 10.0 Å². The van der Waals surface area contributed by atoms with E-state index in [4.69, 9.17) is 23.2 Å². The highest BCUT2D eigenvalue weighted by Gasteiger charge is 2.37. The van der Waals surface area contributed by atoms with Crippen molar-refractivity contribution < 1.29 is 14.4 Å². The number of nitrogens with one attached hydrogen (secondary N) is 1. The second-order valence-corrected chi connectivity index (χ2v) is 7.86. The number of urea groups is 1. The molecule has 0 aliphatic carbocycles. The van der Waals surface area contributed by atoms with E-state index < -0.39 is 17.8 Å². The van der Waals surface area contributed by atoms with Crippen LogP contribution in [-0.2, 0) is 16.1 Å². The molecular weight excluding hydrogens is 437 g/mol. The summed E-state index contributed by atoms with van der Waals surface area (Å²) in [6.45, 7) is 2.27. The molecule has 0 unspecified atom stereocenters. The Kier molecular flexibility index (Phi) is 5.67. The lowest BCUT2D eigenvalue weighted by molar-refractivity contribution is -0.122. The maximum Gasteiger partial charge on any atom is 0.335 e. The van der Waals surface area contributed by atoms with E-state index >= 15 is 0 Å². The van der Waals surface area contributed by atoms with E-state index in [1.807, 2.05) is 35.9 Å². The third-order valence-corrected chi connectivity index (χ3v) is 5.75. The summed E-state index contributed by atoms with van der Waals surface area (Å²) in [7, 11) is 0. The number of hydrogen-bond donors (Lipinski definition) is 1. The molecule has 8 heteroatoms. The third-order valence-electron chi connectivity index (χ3n) is 4.97. The predicted octanol–water partition coefficient (Wildman–Crippen LogP) is 4.82. The van der Waals surface area contributed by atoms with Gasteiger partial charge in [0, 0.05) is 28.5 Å². The Morgan fingerprint density at radius 3 is 2.48 bits per heavy atom. The van der Waals surface area contributed by atoms with Gasteiger partial charge in [-0.3, -0.25) is 14.9 Å². The van der Waals surface area contributed by atoms with Gasteiger partial charge in [-0.2, -0.15) is 0 Å². The predicted molar refractivity (Wildman–Crippen MR) is 120 cm³/mol. The molecule has 4 rings (SSSR count). The van der Waals surface area contributed by atoms with Gasteiger partial charge in [-0.15, -0.1) is 0 Å². The summed E-state index contributed by atoms with van der Waals surface area (Å²) in [6, 6.07) is 15.0. The molecule has 1 aromatic heterocycles. The van der Waals surface area contributed by atoms with E-state index in [0.717, 1.165) is 16.0 Å². The lowest BCUT2D eigenvalue weighted by Crippen LogP contribution is -2.54. The smallest absolute Gasteiger partial charge is 0.335 e. The number of benzene rings is 2. The summed E-state index contributed by atoms with van der Waals surface area (Å²) in [4.78, 5) is 38.8. The molecule has 31 heavy (non-hydrogen) atoms. The van der Waals surface area contributed by atoms with Crippen molar-refractivity contribution in [3.63, 3.8) is 0 Å². The van der Waals surface area contributed by atoms with Crippen LogP contribution >= 0.6 is 23.2 Å². The topological polar surface area (TPSA) is 71.4 Å². The number of aryl methyl sites for hydroxylation is 1. The third kappa shape index (κ3) is 4.13. The summed E-state index contributed by atoms with van der Waals surface area (Å²) in [5.41, 5.74) is 2.44. The SMILES string of the molecule is Cc1ccc(N2C(=O)NC(=O)/C(=C/c3cccn3Cc3ccccc3Cl)C2=O)cc1Cl. The summed E-state index contributed by atoms with van der Waals surface area (Å²) in [5.74, 6) is -1.48. The highest BCUT2D eigenvalue weighted by Crippen LogP contribution is 2.27. The number of anilines is 1. The molecule has 4 amide bonds. The maximum atomic E-state index is 13.1. The number of rotatable bonds is 4. The van der Waals surface area contributed by atoms with E-state index in [1.165, 1.54) is 12.1 Å². The van der Waals surface area contributed by atoms with Crippen molar-refractivity contribution in [1.82, 2.24) is 9.88 Å². The van der Waals surface area contributed by atoms with Crippen LogP contribution in [0.4, 0.5) is 10.5 Å². The molecule has 0 radical (unpaired) electrons. The summed E-state index contributed by atoms with van der Waals surface area (Å²) < 4.78 is 1.86. The maximum absolute atomic E-state index is 13.1. The van der Waals surface area contributed by atoms with Gasteiger partial charge in [0.25, 0.3) is 11.8 Å². The molecule has 156 valence electrons. The first kappa shape index (κ1) is 20.9. The molecule has 0 spiro atoms. The standard InChI is InChI=1S/C23H17Cl2N3O3/c1-14-8-9-17(12-20(14)25)28-22(30)18(21(29)26-23(28)31)11-16-6-4-10-27(16)13-15-5-2-3-7-19(15)24/h2-12H,13H2,1H3,(H,26,29,31)/b18-11-. The zero-order valence-electron chi connectivity index (χ0n) is 16.4. The molecule has 0 bridgehead atoms. The summed E-state index contributed by atoms with van der Waals surface area (Å²) >= 11 is 12.4. The zero-order valence-corrected chi connectivity index (χ0v) is 17.9. The van der Waals surface area contributed by atoms with Crippen LogP contribution in [0, 0.1) is 6.92 Å². The Hall–Kier alpha value is -3.35. The van der Waals surface area contributed by atoms with Crippen molar-refractivity contribution in [3.8, 4) is 0 Å². The summed E-state index contributed by atoms with van der Waals surface area (Å²) in [5, 5.41) is 3.25. The van der Waals surface area contributed by atoms with E-state index in [0.29, 0.717) is 22.3 Å². The Labute approximate surface area is 188 Å². The largest absolute Gasteiger partial charge is 0.343 e. The molecule has 6 nitrogen and oxygen atoms in total. The van der Waals surface area contributed by atoms with Gasteiger partial charge >= 0.3 is 6.03 Å². The van der Waals surface area contributed by atoms with Crippen molar-refractivity contribution >= 4 is 52.8 Å². The lowest BCUT2D eigenvalue weighted by atomic mass is 10.1. The van der Waals surface area contributed by atoms with Gasteiger partial charge in [0.05, 0.1) is 5.69 Å². The number of imide groups is 2. The van der Waals surface area contributed by atoms with Crippen LogP contribution in [-0.4, -0.2) is 22.4 Å². The van der Waals surface area contributed by atoms with Gasteiger partial charge < -0.3 is 4.57 Å². The van der Waals surface area contributed by atoms with Crippen molar-refractivity contribution in [2.45, 2.75) is 13.5 Å². The Balaban J connectivity index is 1.69. The molecule has 2 heterocycles. The first-order valence-corrected chi connectivity index (χ1v) is 10.2. The van der Waals surface area contributed by atoms with Gasteiger partial charge in [-0.05, 0) is 54.5 Å². The van der Waals surface area contributed by atoms with Crippen molar-refractivity contribution in [3.05, 3.63) is 93.2 Å². The second-order valence-electron chi connectivity index (χ2n) is 7.04. The highest BCUT2D eigenvalue weighted by molar-refractivity contribution is 6.39. The molecule has 0 saturated carbocycles. The minimum absolute atomic E-state index is 0.157. The monoisotopic (exact) mass is 453 g/mol. The highest BCUT2D eigenvalue weighted by atomic mass is 35.5. The van der Waals surface area contributed by atoms with Gasteiger partial charge in [-0.25, -0.2) is 9.69 Å². The van der Waals surface area contributed by atoms with Crippen LogP contribution in [0.15, 0.2) is 66.4 Å². The average molecular weight is 454 g/mol. The molecule has 1 aliphatic rings. The van der Waals surface area contributed by atoms with Gasteiger partial charge in [0.15, 0.2) is 0 Å². The van der Waals surface area contributed by atoms with Crippen LogP contribution in [0.5, 0.6) is 0 Å².